The van der Waals surface area contributed by atoms with Gasteiger partial charge in [0.15, 0.2) is 6.19 Å². The van der Waals surface area contributed by atoms with Gasteiger partial charge in [-0.1, -0.05) is 6.58 Å². The molecule has 0 aromatic heterocycles. The van der Waals surface area contributed by atoms with Gasteiger partial charge in [-0.3, -0.25) is 0 Å². The lowest BCUT2D eigenvalue weighted by molar-refractivity contribution is -0.307. The summed E-state index contributed by atoms with van der Waals surface area (Å²) in [6, 6.07) is 0. The molecular weight excluding hydrogens is 175 g/mol. The summed E-state index contributed by atoms with van der Waals surface area (Å²) in [6.07, 6.45) is -1.34. The third kappa shape index (κ3) is 2.03. The van der Waals surface area contributed by atoms with Gasteiger partial charge in [-0.05, 0) is 13.5 Å². The standard InChI is InChI=1S/C7H11BO5/c1-4-7(3,8-6(9)13-10)12-5(2)11-4/h6,8-10H,1-2H2,3H3. The number of aliphatic hydroxyl groups excluding tert-OH is 1. The van der Waals surface area contributed by atoms with Crippen LogP contribution in [0.4, 0.5) is 0 Å². The molecule has 1 heterocycles. The molecule has 1 aliphatic heterocycles. The van der Waals surface area contributed by atoms with Crippen molar-refractivity contribution in [2.45, 2.75) is 18.6 Å². The molecule has 5 nitrogen and oxygen atoms in total. The average molecular weight is 186 g/mol. The summed E-state index contributed by atoms with van der Waals surface area (Å²) in [4.78, 5) is 3.71. The quantitative estimate of drug-likeness (QED) is 0.279. The Morgan fingerprint density at radius 2 is 2.23 bits per heavy atom. The summed E-state index contributed by atoms with van der Waals surface area (Å²) in [5.41, 5.74) is -0.904. The van der Waals surface area contributed by atoms with Crippen LogP contribution in [0, 0.1) is 0 Å². The highest BCUT2D eigenvalue weighted by atomic mass is 17.1. The summed E-state index contributed by atoms with van der Waals surface area (Å²) < 4.78 is 10.1. The third-order valence-corrected chi connectivity index (χ3v) is 1.85. The molecule has 0 aromatic rings. The third-order valence-electron chi connectivity index (χ3n) is 1.85. The smallest absolute Gasteiger partial charge is 0.277 e. The predicted molar refractivity (Wildman–Crippen MR) is 45.7 cm³/mol. The molecule has 6 heteroatoms. The Morgan fingerprint density at radius 1 is 1.62 bits per heavy atom. The van der Waals surface area contributed by atoms with Gasteiger partial charge in [-0.15, -0.1) is 0 Å². The molecule has 72 valence electrons. The van der Waals surface area contributed by atoms with E-state index in [4.69, 9.17) is 19.8 Å². The molecule has 2 atom stereocenters. The van der Waals surface area contributed by atoms with E-state index in [0.29, 0.717) is 5.76 Å². The lowest BCUT2D eigenvalue weighted by atomic mass is 9.60. The number of hydrogen-bond acceptors (Lipinski definition) is 5. The minimum absolute atomic E-state index is 0.0152. The van der Waals surface area contributed by atoms with Crippen LogP contribution in [-0.2, 0) is 14.4 Å². The van der Waals surface area contributed by atoms with Crippen molar-refractivity contribution in [3.63, 3.8) is 0 Å². The van der Waals surface area contributed by atoms with Crippen molar-refractivity contribution in [3.8, 4) is 0 Å². The minimum Gasteiger partial charge on any atom is -0.460 e. The zero-order chi connectivity index (χ0) is 10.1. The largest absolute Gasteiger partial charge is 0.460 e. The highest BCUT2D eigenvalue weighted by molar-refractivity contribution is 6.41. The number of hydrogen-bond donors (Lipinski definition) is 2. The summed E-state index contributed by atoms with van der Waals surface area (Å²) in [5.74, 6) is 0.450. The topological polar surface area (TPSA) is 68.2 Å². The van der Waals surface area contributed by atoms with E-state index in [-0.39, 0.29) is 13.2 Å². The molecule has 0 aromatic carbocycles. The predicted octanol–water partition coefficient (Wildman–Crippen LogP) is -0.0637. The van der Waals surface area contributed by atoms with Crippen molar-refractivity contribution in [3.05, 3.63) is 24.9 Å². The molecule has 1 rings (SSSR count). The van der Waals surface area contributed by atoms with E-state index in [1.54, 1.807) is 6.92 Å². The van der Waals surface area contributed by atoms with Gasteiger partial charge in [0.05, 0.1) is 0 Å². The van der Waals surface area contributed by atoms with Gasteiger partial charge >= 0.3 is 0 Å². The second kappa shape index (κ2) is 3.41. The normalized spacial score (nSPS) is 29.5. The SMILES string of the molecule is C=C1OC(=C)C(C)(BC(O)OO)O1. The number of ether oxygens (including phenoxy) is 2. The van der Waals surface area contributed by atoms with E-state index in [1.807, 2.05) is 0 Å². The molecule has 2 unspecified atom stereocenters. The Bertz CT molecular complexity index is 241. The van der Waals surface area contributed by atoms with Gasteiger partial charge in [0.25, 0.3) is 13.2 Å². The lowest BCUT2D eigenvalue weighted by Crippen LogP contribution is -2.41. The fourth-order valence-corrected chi connectivity index (χ4v) is 1.10. The summed E-state index contributed by atoms with van der Waals surface area (Å²) in [6.45, 7) is 8.68. The van der Waals surface area contributed by atoms with Crippen molar-refractivity contribution >= 4 is 7.28 Å². The monoisotopic (exact) mass is 186 g/mol. The van der Waals surface area contributed by atoms with Crippen molar-refractivity contribution in [1.82, 2.24) is 0 Å². The first-order chi connectivity index (χ1) is 5.98. The Morgan fingerprint density at radius 3 is 2.62 bits per heavy atom. The molecule has 1 saturated heterocycles. The molecule has 2 N–H and O–H groups in total. The maximum absolute atomic E-state index is 9.01. The second-order valence-electron chi connectivity index (χ2n) is 2.99. The number of rotatable bonds is 3. The Balaban J connectivity index is 2.65. The zero-order valence-electron chi connectivity index (χ0n) is 7.32. The maximum atomic E-state index is 9.01. The van der Waals surface area contributed by atoms with Crippen LogP contribution >= 0.6 is 0 Å². The first kappa shape index (κ1) is 10.1. The number of aliphatic hydroxyl groups is 1. The van der Waals surface area contributed by atoms with Crippen molar-refractivity contribution < 1.29 is 24.7 Å². The van der Waals surface area contributed by atoms with E-state index < -0.39 is 11.7 Å². The lowest BCUT2D eigenvalue weighted by Gasteiger charge is -2.21. The van der Waals surface area contributed by atoms with Crippen LogP contribution < -0.4 is 0 Å². The molecule has 0 aliphatic carbocycles. The van der Waals surface area contributed by atoms with Crippen LogP contribution in [0.3, 0.4) is 0 Å². The van der Waals surface area contributed by atoms with Crippen molar-refractivity contribution in [1.29, 1.82) is 0 Å². The summed E-state index contributed by atoms with van der Waals surface area (Å²) >= 11 is 0. The zero-order valence-corrected chi connectivity index (χ0v) is 7.32. The van der Waals surface area contributed by atoms with Gasteiger partial charge in [-0.25, -0.2) is 10.1 Å². The van der Waals surface area contributed by atoms with E-state index in [0.717, 1.165) is 0 Å². The van der Waals surface area contributed by atoms with Gasteiger partial charge in [0, 0.05) is 0 Å². The van der Waals surface area contributed by atoms with Crippen LogP contribution in [-0.4, -0.2) is 29.3 Å². The molecule has 0 bridgehead atoms. The molecule has 0 saturated carbocycles. The molecule has 0 amide bonds. The van der Waals surface area contributed by atoms with E-state index in [1.165, 1.54) is 0 Å². The van der Waals surface area contributed by atoms with E-state index in [2.05, 4.69) is 18.0 Å². The van der Waals surface area contributed by atoms with Gasteiger partial charge in [0.2, 0.25) is 0 Å². The van der Waals surface area contributed by atoms with Crippen LogP contribution in [0.2, 0.25) is 0 Å². The second-order valence-corrected chi connectivity index (χ2v) is 2.99. The Labute approximate surface area is 76.4 Å². The highest BCUT2D eigenvalue weighted by Crippen LogP contribution is 2.32. The minimum atomic E-state index is -1.34. The molecule has 1 fully saturated rings. The van der Waals surface area contributed by atoms with Gasteiger partial charge < -0.3 is 14.6 Å². The van der Waals surface area contributed by atoms with E-state index in [9.17, 15) is 0 Å². The Hall–Kier alpha value is -0.975. The van der Waals surface area contributed by atoms with Gasteiger partial charge in [0.1, 0.15) is 11.3 Å². The fraction of sp³-hybridized carbons (Fsp3) is 0.429. The molecular formula is C7H11BO5. The van der Waals surface area contributed by atoms with Gasteiger partial charge in [-0.2, -0.15) is 0 Å². The van der Waals surface area contributed by atoms with Crippen molar-refractivity contribution in [2.24, 2.45) is 0 Å². The molecule has 1 aliphatic rings. The van der Waals surface area contributed by atoms with Crippen LogP contribution in [0.15, 0.2) is 24.9 Å². The van der Waals surface area contributed by atoms with Crippen LogP contribution in [0.25, 0.3) is 0 Å². The van der Waals surface area contributed by atoms with Crippen LogP contribution in [0.1, 0.15) is 6.92 Å². The highest BCUT2D eigenvalue weighted by Gasteiger charge is 2.42. The Kier molecular flexibility index (Phi) is 2.65. The first-order valence-corrected chi connectivity index (χ1v) is 3.71. The molecule has 0 spiro atoms. The van der Waals surface area contributed by atoms with Crippen molar-refractivity contribution in [2.75, 3.05) is 0 Å². The summed E-state index contributed by atoms with van der Waals surface area (Å²) in [5, 5.41) is 17.2. The van der Waals surface area contributed by atoms with E-state index >= 15 is 0 Å². The van der Waals surface area contributed by atoms with Crippen LogP contribution in [0.5, 0.6) is 0 Å². The molecule has 13 heavy (non-hydrogen) atoms. The average Bonchev–Trinajstić information content (AvgIpc) is 2.25. The molecule has 0 radical (unpaired) electrons. The fourth-order valence-electron chi connectivity index (χ4n) is 1.10. The summed E-state index contributed by atoms with van der Waals surface area (Å²) in [7, 11) is 0.0152. The first-order valence-electron chi connectivity index (χ1n) is 3.71. The maximum Gasteiger partial charge on any atom is 0.277 e.